The first kappa shape index (κ1) is 21.9. The number of esters is 2. The van der Waals surface area contributed by atoms with Crippen LogP contribution in [0.15, 0.2) is 60.7 Å². The molecule has 0 unspecified atom stereocenters. The molecule has 3 aromatic carbocycles. The van der Waals surface area contributed by atoms with Crippen LogP contribution in [0, 0.1) is 22.7 Å². The molecule has 0 aliphatic heterocycles. The van der Waals surface area contributed by atoms with Gasteiger partial charge in [-0.3, -0.25) is 0 Å². The van der Waals surface area contributed by atoms with Crippen molar-refractivity contribution in [3.63, 3.8) is 0 Å². The van der Waals surface area contributed by atoms with Crippen LogP contribution >= 0.6 is 0 Å². The second-order valence-electron chi connectivity index (χ2n) is 6.25. The van der Waals surface area contributed by atoms with Crippen LogP contribution < -0.4 is 9.47 Å². The molecule has 0 amide bonds. The largest absolute Gasteiger partial charge is 0.465 e. The lowest BCUT2D eigenvalue weighted by molar-refractivity contribution is 0.0588. The SMILES string of the molecule is COC(=O)c1ccccc1Oc1cc(C#N)c(C#N)cc1Oc1ccccc1C(=O)OC. The van der Waals surface area contributed by atoms with Gasteiger partial charge in [0.05, 0.1) is 25.3 Å². The summed E-state index contributed by atoms with van der Waals surface area (Å²) in [6, 6.07) is 19.2. The fourth-order valence-corrected chi connectivity index (χ4v) is 2.81. The maximum Gasteiger partial charge on any atom is 0.341 e. The normalized spacial score (nSPS) is 9.75. The second kappa shape index (κ2) is 9.79. The van der Waals surface area contributed by atoms with E-state index in [9.17, 15) is 20.1 Å². The fraction of sp³-hybridized carbons (Fsp3) is 0.0833. The van der Waals surface area contributed by atoms with Crippen LogP contribution in [0.3, 0.4) is 0 Å². The first-order valence-electron chi connectivity index (χ1n) is 9.21. The number of nitrogens with zero attached hydrogens (tertiary/aromatic N) is 2. The molecule has 8 heteroatoms. The summed E-state index contributed by atoms with van der Waals surface area (Å²) < 4.78 is 21.4. The summed E-state index contributed by atoms with van der Waals surface area (Å²) in [4.78, 5) is 24.2. The molecule has 0 heterocycles. The molecular formula is C24H16N2O6. The quantitative estimate of drug-likeness (QED) is 0.523. The zero-order valence-electron chi connectivity index (χ0n) is 17.1. The molecule has 158 valence electrons. The minimum absolute atomic E-state index is 0.0478. The summed E-state index contributed by atoms with van der Waals surface area (Å²) in [6.45, 7) is 0. The highest BCUT2D eigenvalue weighted by atomic mass is 16.5. The maximum absolute atomic E-state index is 12.1. The molecule has 0 spiro atoms. The highest BCUT2D eigenvalue weighted by Gasteiger charge is 2.20. The van der Waals surface area contributed by atoms with Crippen molar-refractivity contribution >= 4 is 11.9 Å². The molecule has 0 aliphatic rings. The average Bonchev–Trinajstić information content (AvgIpc) is 2.84. The summed E-state index contributed by atoms with van der Waals surface area (Å²) in [5, 5.41) is 18.8. The Hall–Kier alpha value is -4.82. The van der Waals surface area contributed by atoms with E-state index in [1.165, 1.54) is 38.5 Å². The molecular weight excluding hydrogens is 412 g/mol. The zero-order valence-corrected chi connectivity index (χ0v) is 17.1. The van der Waals surface area contributed by atoms with Crippen molar-refractivity contribution in [2.45, 2.75) is 0 Å². The zero-order chi connectivity index (χ0) is 23.1. The Morgan fingerprint density at radius 3 is 1.38 bits per heavy atom. The van der Waals surface area contributed by atoms with Crippen LogP contribution in [-0.4, -0.2) is 26.2 Å². The van der Waals surface area contributed by atoms with E-state index in [0.717, 1.165) is 0 Å². The maximum atomic E-state index is 12.1. The van der Waals surface area contributed by atoms with E-state index < -0.39 is 11.9 Å². The van der Waals surface area contributed by atoms with Gasteiger partial charge in [0.15, 0.2) is 11.5 Å². The number of carbonyl (C=O) groups is 2. The lowest BCUT2D eigenvalue weighted by Gasteiger charge is -2.16. The first-order valence-corrected chi connectivity index (χ1v) is 9.21. The number of benzene rings is 3. The van der Waals surface area contributed by atoms with Crippen LogP contribution in [0.2, 0.25) is 0 Å². The van der Waals surface area contributed by atoms with Crippen LogP contribution in [0.25, 0.3) is 0 Å². The Morgan fingerprint density at radius 2 is 1.03 bits per heavy atom. The van der Waals surface area contributed by atoms with Crippen molar-refractivity contribution in [2.24, 2.45) is 0 Å². The molecule has 8 nitrogen and oxygen atoms in total. The predicted octanol–water partition coefficient (Wildman–Crippen LogP) is 4.59. The van der Waals surface area contributed by atoms with Crippen molar-refractivity contribution in [3.05, 3.63) is 82.9 Å². The van der Waals surface area contributed by atoms with E-state index in [1.807, 2.05) is 12.1 Å². The van der Waals surface area contributed by atoms with Gasteiger partial charge < -0.3 is 18.9 Å². The number of methoxy groups -OCH3 is 2. The molecule has 0 bridgehead atoms. The monoisotopic (exact) mass is 428 g/mol. The predicted molar refractivity (Wildman–Crippen MR) is 112 cm³/mol. The van der Waals surface area contributed by atoms with Crippen LogP contribution in [0.5, 0.6) is 23.0 Å². The third kappa shape index (κ3) is 4.50. The highest BCUT2D eigenvalue weighted by Crippen LogP contribution is 2.39. The van der Waals surface area contributed by atoms with Crippen molar-refractivity contribution in [1.82, 2.24) is 0 Å². The molecule has 0 aliphatic carbocycles. The van der Waals surface area contributed by atoms with Gasteiger partial charge in [-0.15, -0.1) is 0 Å². The highest BCUT2D eigenvalue weighted by molar-refractivity contribution is 5.93. The lowest BCUT2D eigenvalue weighted by atomic mass is 10.1. The number of hydrogen-bond donors (Lipinski definition) is 0. The molecule has 0 N–H and O–H groups in total. The fourth-order valence-electron chi connectivity index (χ4n) is 2.81. The first-order chi connectivity index (χ1) is 15.5. The molecule has 0 fully saturated rings. The molecule has 0 atom stereocenters. The van der Waals surface area contributed by atoms with Gasteiger partial charge in [-0.1, -0.05) is 24.3 Å². The van der Waals surface area contributed by atoms with Gasteiger partial charge in [0.1, 0.15) is 34.8 Å². The van der Waals surface area contributed by atoms with Crippen molar-refractivity contribution in [2.75, 3.05) is 14.2 Å². The molecule has 32 heavy (non-hydrogen) atoms. The summed E-state index contributed by atoms with van der Waals surface area (Å²) in [6.07, 6.45) is 0. The van der Waals surface area contributed by atoms with E-state index >= 15 is 0 Å². The summed E-state index contributed by atoms with van der Waals surface area (Å²) in [5.74, 6) is -0.826. The van der Waals surface area contributed by atoms with Crippen molar-refractivity contribution < 1.29 is 28.5 Å². The number of carbonyl (C=O) groups excluding carboxylic acids is 2. The third-order valence-electron chi connectivity index (χ3n) is 4.35. The standard InChI is InChI=1S/C24H16N2O6/c1-29-23(27)17-7-3-5-9-19(17)31-21-11-15(13-25)16(14-26)12-22(21)32-20-10-6-4-8-18(20)24(28)30-2/h3-12H,1-2H3. The molecule has 3 aromatic rings. The number of hydrogen-bond acceptors (Lipinski definition) is 8. The minimum atomic E-state index is -0.617. The van der Waals surface area contributed by atoms with Crippen LogP contribution in [0.1, 0.15) is 31.8 Å². The van der Waals surface area contributed by atoms with E-state index in [4.69, 9.17) is 18.9 Å². The van der Waals surface area contributed by atoms with Crippen molar-refractivity contribution in [3.8, 4) is 35.1 Å². The molecule has 3 rings (SSSR count). The summed E-state index contributed by atoms with van der Waals surface area (Å²) >= 11 is 0. The van der Waals surface area contributed by atoms with Gasteiger partial charge in [0.2, 0.25) is 0 Å². The Labute approximate surface area is 183 Å². The van der Waals surface area contributed by atoms with E-state index in [-0.39, 0.29) is 45.3 Å². The summed E-state index contributed by atoms with van der Waals surface area (Å²) in [5.41, 5.74) is 0.399. The molecule has 0 saturated carbocycles. The Morgan fingerprint density at radius 1 is 0.656 bits per heavy atom. The lowest BCUT2D eigenvalue weighted by Crippen LogP contribution is -2.05. The van der Waals surface area contributed by atoms with Gasteiger partial charge >= 0.3 is 11.9 Å². The number of ether oxygens (including phenoxy) is 4. The summed E-state index contributed by atoms with van der Waals surface area (Å²) in [7, 11) is 2.49. The van der Waals surface area contributed by atoms with Crippen molar-refractivity contribution in [1.29, 1.82) is 10.5 Å². The van der Waals surface area contributed by atoms with E-state index in [0.29, 0.717) is 0 Å². The molecule has 0 radical (unpaired) electrons. The smallest absolute Gasteiger partial charge is 0.341 e. The molecule has 0 aromatic heterocycles. The van der Waals surface area contributed by atoms with Gasteiger partial charge in [-0.25, -0.2) is 9.59 Å². The van der Waals surface area contributed by atoms with Gasteiger partial charge in [0, 0.05) is 12.1 Å². The second-order valence-corrected chi connectivity index (χ2v) is 6.25. The van der Waals surface area contributed by atoms with Gasteiger partial charge in [-0.2, -0.15) is 10.5 Å². The average molecular weight is 428 g/mol. The Kier molecular flexibility index (Phi) is 6.69. The van der Waals surface area contributed by atoms with E-state index in [1.54, 1.807) is 36.4 Å². The Bertz CT molecular complexity index is 1170. The Balaban J connectivity index is 2.13. The number of para-hydroxylation sites is 2. The van der Waals surface area contributed by atoms with E-state index in [2.05, 4.69) is 0 Å². The molecule has 0 saturated heterocycles. The minimum Gasteiger partial charge on any atom is -0.465 e. The number of nitriles is 2. The van der Waals surface area contributed by atoms with Crippen LogP contribution in [0.4, 0.5) is 0 Å². The third-order valence-corrected chi connectivity index (χ3v) is 4.35. The van der Waals surface area contributed by atoms with Crippen LogP contribution in [-0.2, 0) is 9.47 Å². The topological polar surface area (TPSA) is 119 Å². The van der Waals surface area contributed by atoms with Gasteiger partial charge in [-0.05, 0) is 24.3 Å². The number of rotatable bonds is 6. The van der Waals surface area contributed by atoms with Gasteiger partial charge in [0.25, 0.3) is 0 Å².